The number of aromatic nitrogens is 1. The fourth-order valence-corrected chi connectivity index (χ4v) is 3.66. The Hall–Kier alpha value is -3.09. The van der Waals surface area contributed by atoms with E-state index in [9.17, 15) is 14.4 Å². The number of anilines is 1. The molecule has 1 heterocycles. The van der Waals surface area contributed by atoms with Gasteiger partial charge in [-0.1, -0.05) is 12.1 Å². The number of aromatic amines is 1. The van der Waals surface area contributed by atoms with Crippen molar-refractivity contribution in [2.45, 2.75) is 51.0 Å². The van der Waals surface area contributed by atoms with Gasteiger partial charge in [-0.15, -0.1) is 0 Å². The first-order chi connectivity index (χ1) is 13.8. The van der Waals surface area contributed by atoms with Crippen LogP contribution >= 0.6 is 0 Å². The number of hydrogen-bond donors (Lipinski definition) is 4. The SMILES string of the molecule is CC(C)(NC(=O)C1CCC(c2ccc(NC(=O)c3ccc[nH]3)cc2)CC1)C(=O)O. The molecule has 1 saturated carbocycles. The van der Waals surface area contributed by atoms with E-state index in [0.29, 0.717) is 11.6 Å². The molecule has 1 aliphatic carbocycles. The Morgan fingerprint density at radius 3 is 2.24 bits per heavy atom. The molecule has 0 spiro atoms. The molecule has 2 aromatic rings. The number of carbonyl (C=O) groups is 3. The van der Waals surface area contributed by atoms with E-state index in [0.717, 1.165) is 31.4 Å². The minimum absolute atomic E-state index is 0.149. The van der Waals surface area contributed by atoms with Gasteiger partial charge in [-0.05, 0) is 75.3 Å². The Kier molecular flexibility index (Phi) is 6.06. The number of carboxylic acid groups (broad SMARTS) is 1. The highest BCUT2D eigenvalue weighted by Crippen LogP contribution is 2.36. The van der Waals surface area contributed by atoms with Gasteiger partial charge in [0.2, 0.25) is 5.91 Å². The molecule has 0 saturated heterocycles. The van der Waals surface area contributed by atoms with Crippen LogP contribution in [0, 0.1) is 5.92 Å². The molecule has 1 aromatic carbocycles. The van der Waals surface area contributed by atoms with E-state index in [1.807, 2.05) is 24.3 Å². The molecule has 1 fully saturated rings. The van der Waals surface area contributed by atoms with Crippen LogP contribution in [0.1, 0.15) is 61.5 Å². The highest BCUT2D eigenvalue weighted by molar-refractivity contribution is 6.02. The number of amides is 2. The van der Waals surface area contributed by atoms with E-state index < -0.39 is 11.5 Å². The number of nitrogens with one attached hydrogen (secondary N) is 3. The number of rotatable bonds is 6. The molecule has 4 N–H and O–H groups in total. The molecule has 29 heavy (non-hydrogen) atoms. The van der Waals surface area contributed by atoms with Gasteiger partial charge in [0.05, 0.1) is 0 Å². The molecule has 0 atom stereocenters. The summed E-state index contributed by atoms with van der Waals surface area (Å²) in [5.74, 6) is -1.19. The third-order valence-electron chi connectivity index (χ3n) is 5.55. The van der Waals surface area contributed by atoms with E-state index in [-0.39, 0.29) is 17.7 Å². The summed E-state index contributed by atoms with van der Waals surface area (Å²) in [6.45, 7) is 2.99. The molecule has 7 nitrogen and oxygen atoms in total. The summed E-state index contributed by atoms with van der Waals surface area (Å²) < 4.78 is 0. The number of carbonyl (C=O) groups excluding carboxylic acids is 2. The first-order valence-corrected chi connectivity index (χ1v) is 9.86. The van der Waals surface area contributed by atoms with Gasteiger partial charge in [-0.3, -0.25) is 9.59 Å². The van der Waals surface area contributed by atoms with E-state index in [4.69, 9.17) is 5.11 Å². The number of benzene rings is 1. The molecule has 1 aliphatic rings. The van der Waals surface area contributed by atoms with Crippen molar-refractivity contribution in [1.82, 2.24) is 10.3 Å². The van der Waals surface area contributed by atoms with Crippen molar-refractivity contribution in [2.24, 2.45) is 5.92 Å². The van der Waals surface area contributed by atoms with Crippen molar-refractivity contribution in [3.63, 3.8) is 0 Å². The summed E-state index contributed by atoms with van der Waals surface area (Å²) in [5, 5.41) is 14.7. The quantitative estimate of drug-likeness (QED) is 0.597. The number of carboxylic acids is 1. The second kappa shape index (κ2) is 8.51. The van der Waals surface area contributed by atoms with Crippen LogP contribution in [0.4, 0.5) is 5.69 Å². The van der Waals surface area contributed by atoms with Crippen molar-refractivity contribution in [1.29, 1.82) is 0 Å². The average Bonchev–Trinajstić information content (AvgIpc) is 3.23. The van der Waals surface area contributed by atoms with Gasteiger partial charge < -0.3 is 20.7 Å². The second-order valence-corrected chi connectivity index (χ2v) is 8.13. The van der Waals surface area contributed by atoms with Crippen LogP contribution in [0.3, 0.4) is 0 Å². The molecular formula is C22H27N3O4. The largest absolute Gasteiger partial charge is 0.480 e. The summed E-state index contributed by atoms with van der Waals surface area (Å²) in [7, 11) is 0. The Bertz CT molecular complexity index is 864. The molecule has 3 rings (SSSR count). The normalized spacial score (nSPS) is 19.4. The molecule has 0 aliphatic heterocycles. The highest BCUT2D eigenvalue weighted by atomic mass is 16.4. The summed E-state index contributed by atoms with van der Waals surface area (Å²) in [6.07, 6.45) is 4.92. The zero-order valence-electron chi connectivity index (χ0n) is 16.7. The third-order valence-corrected chi connectivity index (χ3v) is 5.55. The zero-order valence-corrected chi connectivity index (χ0v) is 16.7. The standard InChI is InChI=1S/C22H27N3O4/c1-22(2,21(28)29)25-19(26)16-7-5-14(6-8-16)15-9-11-17(12-10-15)24-20(27)18-4-3-13-23-18/h3-4,9-14,16,23H,5-8H2,1-2H3,(H,24,27)(H,25,26)(H,28,29). The summed E-state index contributed by atoms with van der Waals surface area (Å²) in [6, 6.07) is 11.3. The number of H-pyrrole nitrogens is 1. The van der Waals surface area contributed by atoms with Crippen molar-refractivity contribution in [2.75, 3.05) is 5.32 Å². The van der Waals surface area contributed by atoms with Crippen LogP contribution in [0.25, 0.3) is 0 Å². The van der Waals surface area contributed by atoms with E-state index in [1.54, 1.807) is 18.3 Å². The molecule has 0 unspecified atom stereocenters. The van der Waals surface area contributed by atoms with Gasteiger partial charge in [0, 0.05) is 17.8 Å². The lowest BCUT2D eigenvalue weighted by molar-refractivity contribution is -0.146. The number of hydrogen-bond acceptors (Lipinski definition) is 3. The topological polar surface area (TPSA) is 111 Å². The third kappa shape index (κ3) is 5.04. The second-order valence-electron chi connectivity index (χ2n) is 8.13. The number of aliphatic carboxylic acids is 1. The van der Waals surface area contributed by atoms with Crippen molar-refractivity contribution >= 4 is 23.5 Å². The van der Waals surface area contributed by atoms with Gasteiger partial charge in [-0.25, -0.2) is 4.79 Å². The summed E-state index contributed by atoms with van der Waals surface area (Å²) in [4.78, 5) is 38.5. The van der Waals surface area contributed by atoms with Crippen LogP contribution in [0.2, 0.25) is 0 Å². The lowest BCUT2D eigenvalue weighted by Crippen LogP contribution is -2.51. The van der Waals surface area contributed by atoms with E-state index in [2.05, 4.69) is 15.6 Å². The smallest absolute Gasteiger partial charge is 0.328 e. The minimum atomic E-state index is -1.26. The van der Waals surface area contributed by atoms with Gasteiger partial charge in [0.25, 0.3) is 5.91 Å². The molecule has 7 heteroatoms. The van der Waals surface area contributed by atoms with Crippen LogP contribution in [0.15, 0.2) is 42.6 Å². The fraction of sp³-hybridized carbons (Fsp3) is 0.409. The predicted octanol–water partition coefficient (Wildman–Crippen LogP) is 3.52. The molecule has 1 aromatic heterocycles. The van der Waals surface area contributed by atoms with Crippen LogP contribution in [-0.2, 0) is 9.59 Å². The average molecular weight is 397 g/mol. The van der Waals surface area contributed by atoms with Crippen LogP contribution in [-0.4, -0.2) is 33.4 Å². The van der Waals surface area contributed by atoms with Crippen molar-refractivity contribution < 1.29 is 19.5 Å². The monoisotopic (exact) mass is 397 g/mol. The van der Waals surface area contributed by atoms with Gasteiger partial charge in [0.1, 0.15) is 11.2 Å². The Morgan fingerprint density at radius 2 is 1.69 bits per heavy atom. The molecule has 0 bridgehead atoms. The minimum Gasteiger partial charge on any atom is -0.480 e. The van der Waals surface area contributed by atoms with Crippen LogP contribution < -0.4 is 10.6 Å². The predicted molar refractivity (Wildman–Crippen MR) is 110 cm³/mol. The maximum absolute atomic E-state index is 12.4. The first kappa shape index (κ1) is 20.6. The van der Waals surface area contributed by atoms with E-state index >= 15 is 0 Å². The Balaban J connectivity index is 1.52. The Labute approximate surface area is 169 Å². The Morgan fingerprint density at radius 1 is 1.03 bits per heavy atom. The molecule has 154 valence electrons. The maximum Gasteiger partial charge on any atom is 0.328 e. The molecule has 0 radical (unpaired) electrons. The summed E-state index contributed by atoms with van der Waals surface area (Å²) in [5.41, 5.74) is 1.18. The lowest BCUT2D eigenvalue weighted by atomic mass is 9.78. The first-order valence-electron chi connectivity index (χ1n) is 9.86. The van der Waals surface area contributed by atoms with Crippen molar-refractivity contribution in [3.05, 3.63) is 53.9 Å². The van der Waals surface area contributed by atoms with Gasteiger partial charge in [0.15, 0.2) is 0 Å². The maximum atomic E-state index is 12.4. The zero-order chi connectivity index (χ0) is 21.0. The van der Waals surface area contributed by atoms with Crippen molar-refractivity contribution in [3.8, 4) is 0 Å². The molecule has 2 amide bonds. The fourth-order valence-electron chi connectivity index (χ4n) is 3.66. The summed E-state index contributed by atoms with van der Waals surface area (Å²) >= 11 is 0. The van der Waals surface area contributed by atoms with Gasteiger partial charge >= 0.3 is 5.97 Å². The molecular weight excluding hydrogens is 370 g/mol. The lowest BCUT2D eigenvalue weighted by Gasteiger charge is -2.30. The van der Waals surface area contributed by atoms with Crippen LogP contribution in [0.5, 0.6) is 0 Å². The van der Waals surface area contributed by atoms with Gasteiger partial charge in [-0.2, -0.15) is 0 Å². The van der Waals surface area contributed by atoms with E-state index in [1.165, 1.54) is 19.4 Å². The highest BCUT2D eigenvalue weighted by Gasteiger charge is 2.33.